The van der Waals surface area contributed by atoms with Crippen LogP contribution in [-0.2, 0) is 14.2 Å². The minimum atomic E-state index is -0.901. The summed E-state index contributed by atoms with van der Waals surface area (Å²) in [7, 11) is 0. The van der Waals surface area contributed by atoms with Gasteiger partial charge in [0.25, 0.3) is 5.97 Å². The van der Waals surface area contributed by atoms with Gasteiger partial charge in [-0.25, -0.2) is 0 Å². The van der Waals surface area contributed by atoms with Gasteiger partial charge < -0.3 is 14.2 Å². The van der Waals surface area contributed by atoms with Gasteiger partial charge in [0.2, 0.25) is 0 Å². The van der Waals surface area contributed by atoms with E-state index in [0.717, 1.165) is 25.7 Å². The number of hydrogen-bond acceptors (Lipinski definition) is 3. The first kappa shape index (κ1) is 26.7. The van der Waals surface area contributed by atoms with Gasteiger partial charge >= 0.3 is 0 Å². The van der Waals surface area contributed by atoms with Gasteiger partial charge in [-0.2, -0.15) is 0 Å². The summed E-state index contributed by atoms with van der Waals surface area (Å²) in [6.07, 6.45) is 20.7. The van der Waals surface area contributed by atoms with E-state index in [1.54, 1.807) is 0 Å². The lowest BCUT2D eigenvalue weighted by Crippen LogP contribution is -2.48. The van der Waals surface area contributed by atoms with Crippen LogP contribution in [0.25, 0.3) is 0 Å². The molecule has 0 N–H and O–H groups in total. The van der Waals surface area contributed by atoms with Crippen molar-refractivity contribution in [3.63, 3.8) is 0 Å². The lowest BCUT2D eigenvalue weighted by Gasteiger charge is -2.41. The molecule has 1 aliphatic carbocycles. The van der Waals surface area contributed by atoms with Crippen LogP contribution in [-0.4, -0.2) is 25.8 Å². The van der Waals surface area contributed by atoms with Crippen molar-refractivity contribution in [1.82, 2.24) is 0 Å². The number of unbranched alkanes of at least 4 members (excludes halogenated alkanes) is 5. The van der Waals surface area contributed by atoms with Crippen molar-refractivity contribution in [2.24, 2.45) is 5.92 Å². The van der Waals surface area contributed by atoms with Gasteiger partial charge in [0.1, 0.15) is 0 Å². The third-order valence-electron chi connectivity index (χ3n) is 5.82. The van der Waals surface area contributed by atoms with Crippen molar-refractivity contribution in [1.29, 1.82) is 0 Å². The van der Waals surface area contributed by atoms with E-state index in [1.807, 2.05) is 0 Å². The Balaban J connectivity index is 3.01. The molecular weight excluding hydrogens is 360 g/mol. The van der Waals surface area contributed by atoms with Crippen LogP contribution in [0, 0.1) is 5.92 Å². The second-order valence-corrected chi connectivity index (χ2v) is 8.64. The Bertz CT molecular complexity index is 383. The predicted octanol–water partition coefficient (Wildman–Crippen LogP) is 8.18. The maximum Gasteiger partial charge on any atom is 0.289 e. The van der Waals surface area contributed by atoms with Gasteiger partial charge in [-0.05, 0) is 51.4 Å². The summed E-state index contributed by atoms with van der Waals surface area (Å²) in [4.78, 5) is 0. The summed E-state index contributed by atoms with van der Waals surface area (Å²) >= 11 is 0. The average Bonchev–Trinajstić information content (AvgIpc) is 3.03. The van der Waals surface area contributed by atoms with Crippen LogP contribution in [0.4, 0.5) is 0 Å². The van der Waals surface area contributed by atoms with E-state index in [0.29, 0.717) is 19.8 Å². The summed E-state index contributed by atoms with van der Waals surface area (Å²) in [5.41, 5.74) is 1.53. The molecule has 0 radical (unpaired) electrons. The second kappa shape index (κ2) is 17.3. The third kappa shape index (κ3) is 10.5. The van der Waals surface area contributed by atoms with Crippen molar-refractivity contribution in [3.05, 3.63) is 11.6 Å². The van der Waals surface area contributed by atoms with Gasteiger partial charge in [-0.15, -0.1) is 0 Å². The molecule has 1 aliphatic rings. The predicted molar refractivity (Wildman–Crippen MR) is 124 cm³/mol. The molecule has 172 valence electrons. The number of ether oxygens (including phenoxy) is 3. The maximum atomic E-state index is 6.45. The summed E-state index contributed by atoms with van der Waals surface area (Å²) in [5.74, 6) is -0.682. The van der Waals surface area contributed by atoms with Gasteiger partial charge in [-0.3, -0.25) is 0 Å². The minimum Gasteiger partial charge on any atom is -0.327 e. The normalized spacial score (nSPS) is 16.5. The zero-order chi connectivity index (χ0) is 21.2. The molecule has 1 unspecified atom stereocenters. The molecule has 0 saturated heterocycles. The second-order valence-electron chi connectivity index (χ2n) is 8.64. The van der Waals surface area contributed by atoms with Crippen molar-refractivity contribution >= 4 is 0 Å². The fourth-order valence-electron chi connectivity index (χ4n) is 4.23. The first-order valence-corrected chi connectivity index (χ1v) is 12.8. The molecule has 3 heteroatoms. The summed E-state index contributed by atoms with van der Waals surface area (Å²) in [6, 6.07) is 0. The van der Waals surface area contributed by atoms with Crippen molar-refractivity contribution in [2.45, 2.75) is 130 Å². The Morgan fingerprint density at radius 3 is 1.90 bits per heavy atom. The molecule has 0 aliphatic heterocycles. The van der Waals surface area contributed by atoms with Gasteiger partial charge in [0.05, 0.1) is 25.7 Å². The number of allylic oxidation sites excluding steroid dienone is 1. The van der Waals surface area contributed by atoms with E-state index in [1.165, 1.54) is 76.2 Å². The van der Waals surface area contributed by atoms with Gasteiger partial charge in [0, 0.05) is 0 Å². The highest BCUT2D eigenvalue weighted by Gasteiger charge is 2.44. The molecule has 0 spiro atoms. The zero-order valence-corrected chi connectivity index (χ0v) is 20.1. The molecule has 1 rings (SSSR count). The van der Waals surface area contributed by atoms with E-state index >= 15 is 0 Å². The highest BCUT2D eigenvalue weighted by Crippen LogP contribution is 2.39. The fraction of sp³-hybridized carbons (Fsp3) is 0.923. The lowest BCUT2D eigenvalue weighted by molar-refractivity contribution is -0.401. The summed E-state index contributed by atoms with van der Waals surface area (Å²) < 4.78 is 19.3. The van der Waals surface area contributed by atoms with Crippen LogP contribution in [0.5, 0.6) is 0 Å². The SMILES string of the molecule is CCCCCCCCC(C1=CCCCCC1)C(OCCC)(OCCC)OCCC. The standard InChI is InChI=1S/C26H50O3/c1-5-9-10-11-12-17-20-25(24-18-15-13-14-16-19-24)26(27-21-6-2,28-22-7-3)29-23-8-4/h18,25H,5-17,19-23H2,1-4H3. The van der Waals surface area contributed by atoms with Gasteiger partial charge in [0.15, 0.2) is 0 Å². The summed E-state index contributed by atoms with van der Waals surface area (Å²) in [6.45, 7) is 10.8. The van der Waals surface area contributed by atoms with E-state index in [4.69, 9.17) is 14.2 Å². The monoisotopic (exact) mass is 410 g/mol. The molecule has 0 aromatic carbocycles. The highest BCUT2D eigenvalue weighted by molar-refractivity contribution is 5.11. The molecule has 29 heavy (non-hydrogen) atoms. The highest BCUT2D eigenvalue weighted by atomic mass is 16.9. The van der Waals surface area contributed by atoms with Crippen molar-refractivity contribution in [3.8, 4) is 0 Å². The molecule has 0 saturated carbocycles. The molecule has 0 heterocycles. The molecule has 0 amide bonds. The molecule has 0 bridgehead atoms. The van der Waals surface area contributed by atoms with Crippen LogP contribution < -0.4 is 0 Å². The molecule has 0 fully saturated rings. The Kier molecular flexibility index (Phi) is 15.9. The average molecular weight is 411 g/mol. The Morgan fingerprint density at radius 2 is 1.31 bits per heavy atom. The Labute approximate surface area is 182 Å². The summed E-state index contributed by atoms with van der Waals surface area (Å²) in [5, 5.41) is 0. The zero-order valence-electron chi connectivity index (χ0n) is 20.1. The van der Waals surface area contributed by atoms with E-state index in [2.05, 4.69) is 33.8 Å². The molecular formula is C26H50O3. The topological polar surface area (TPSA) is 27.7 Å². The molecule has 1 atom stereocenters. The van der Waals surface area contributed by atoms with Crippen molar-refractivity contribution < 1.29 is 14.2 Å². The van der Waals surface area contributed by atoms with E-state index in [9.17, 15) is 0 Å². The quantitative estimate of drug-likeness (QED) is 0.129. The Hall–Kier alpha value is -0.380. The maximum absolute atomic E-state index is 6.45. The largest absolute Gasteiger partial charge is 0.327 e. The number of rotatable bonds is 18. The van der Waals surface area contributed by atoms with Gasteiger partial charge in [-0.1, -0.05) is 84.3 Å². The van der Waals surface area contributed by atoms with Crippen LogP contribution in [0.15, 0.2) is 11.6 Å². The fourth-order valence-corrected chi connectivity index (χ4v) is 4.23. The first-order chi connectivity index (χ1) is 14.2. The molecule has 0 aromatic rings. The smallest absolute Gasteiger partial charge is 0.289 e. The van der Waals surface area contributed by atoms with E-state index in [-0.39, 0.29) is 5.92 Å². The molecule has 3 nitrogen and oxygen atoms in total. The van der Waals surface area contributed by atoms with Crippen molar-refractivity contribution in [2.75, 3.05) is 19.8 Å². The van der Waals surface area contributed by atoms with Crippen LogP contribution in [0.2, 0.25) is 0 Å². The van der Waals surface area contributed by atoms with Crippen LogP contribution in [0.3, 0.4) is 0 Å². The lowest BCUT2D eigenvalue weighted by atomic mass is 9.87. The Morgan fingerprint density at radius 1 is 0.724 bits per heavy atom. The van der Waals surface area contributed by atoms with Crippen LogP contribution >= 0.6 is 0 Å². The number of hydrogen-bond donors (Lipinski definition) is 0. The minimum absolute atomic E-state index is 0.219. The third-order valence-corrected chi connectivity index (χ3v) is 5.82. The first-order valence-electron chi connectivity index (χ1n) is 12.8. The molecule has 0 aromatic heterocycles. The van der Waals surface area contributed by atoms with Crippen LogP contribution in [0.1, 0.15) is 124 Å². The van der Waals surface area contributed by atoms with E-state index < -0.39 is 5.97 Å².